The van der Waals surface area contributed by atoms with E-state index in [-0.39, 0.29) is 0 Å². The van der Waals surface area contributed by atoms with Crippen LogP contribution in [0.25, 0.3) is 0 Å². The van der Waals surface area contributed by atoms with E-state index in [2.05, 4.69) is 45.0 Å². The number of aliphatic hydroxyl groups is 1. The fourth-order valence-electron chi connectivity index (χ4n) is 3.01. The maximum atomic E-state index is 10.6. The quantitative estimate of drug-likeness (QED) is 0.746. The van der Waals surface area contributed by atoms with Gasteiger partial charge in [0, 0.05) is 0 Å². The molecule has 2 aromatic carbocycles. The van der Waals surface area contributed by atoms with Gasteiger partial charge < -0.3 is 9.84 Å². The smallest absolute Gasteiger partial charge is 0.120 e. The fraction of sp³-hybridized carbons (Fsp3) is 0.429. The zero-order valence-electron chi connectivity index (χ0n) is 14.7. The third kappa shape index (κ3) is 4.84. The Balaban J connectivity index is 2.13. The van der Waals surface area contributed by atoms with E-state index in [4.69, 9.17) is 4.74 Å². The van der Waals surface area contributed by atoms with Gasteiger partial charge in [0.25, 0.3) is 0 Å². The van der Waals surface area contributed by atoms with Gasteiger partial charge in [-0.15, -0.1) is 0 Å². The maximum Gasteiger partial charge on any atom is 0.120 e. The van der Waals surface area contributed by atoms with Gasteiger partial charge in [-0.3, -0.25) is 0 Å². The predicted octanol–water partition coefficient (Wildman–Crippen LogP) is 5.35. The van der Waals surface area contributed by atoms with Crippen molar-refractivity contribution in [2.24, 2.45) is 5.92 Å². The van der Waals surface area contributed by atoms with Crippen LogP contribution in [-0.2, 0) is 6.61 Å². The Bertz CT molecular complexity index is 629. The highest BCUT2D eigenvalue weighted by atomic mass is 16.5. The van der Waals surface area contributed by atoms with E-state index in [1.165, 1.54) is 5.56 Å². The number of aliphatic hydroxyl groups excluding tert-OH is 1. The first-order valence-electron chi connectivity index (χ1n) is 8.51. The number of hydrogen-bond donors (Lipinski definition) is 1. The van der Waals surface area contributed by atoms with Gasteiger partial charge in [-0.05, 0) is 48.6 Å². The Hall–Kier alpha value is -1.80. The Morgan fingerprint density at radius 2 is 1.70 bits per heavy atom. The Morgan fingerprint density at radius 3 is 2.35 bits per heavy atom. The monoisotopic (exact) mass is 312 g/mol. The largest absolute Gasteiger partial charge is 0.489 e. The van der Waals surface area contributed by atoms with Gasteiger partial charge in [0.1, 0.15) is 12.4 Å². The van der Waals surface area contributed by atoms with Crippen LogP contribution in [0.2, 0.25) is 0 Å². The van der Waals surface area contributed by atoms with Crippen molar-refractivity contribution in [1.82, 2.24) is 0 Å². The first kappa shape index (κ1) is 17.6. The molecular weight excluding hydrogens is 284 g/mol. The zero-order valence-corrected chi connectivity index (χ0v) is 14.7. The third-order valence-electron chi connectivity index (χ3n) is 4.40. The maximum absolute atomic E-state index is 10.6. The van der Waals surface area contributed by atoms with Crippen molar-refractivity contribution < 1.29 is 9.84 Å². The minimum absolute atomic E-state index is 0.293. The molecule has 0 radical (unpaired) electrons. The summed E-state index contributed by atoms with van der Waals surface area (Å²) >= 11 is 0. The summed E-state index contributed by atoms with van der Waals surface area (Å²) in [6, 6.07) is 14.4. The lowest BCUT2D eigenvalue weighted by atomic mass is 9.90. The highest BCUT2D eigenvalue weighted by Gasteiger charge is 2.18. The molecule has 0 aliphatic carbocycles. The lowest BCUT2D eigenvalue weighted by Gasteiger charge is -2.21. The van der Waals surface area contributed by atoms with Crippen molar-refractivity contribution in [2.75, 3.05) is 0 Å². The first-order valence-corrected chi connectivity index (χ1v) is 8.51. The van der Waals surface area contributed by atoms with Crippen molar-refractivity contribution >= 4 is 0 Å². The molecule has 0 fully saturated rings. The minimum atomic E-state index is -0.425. The highest BCUT2D eigenvalue weighted by molar-refractivity contribution is 5.35. The molecule has 2 nitrogen and oxygen atoms in total. The number of hydrogen-bond acceptors (Lipinski definition) is 2. The minimum Gasteiger partial charge on any atom is -0.489 e. The Morgan fingerprint density at radius 1 is 0.957 bits per heavy atom. The van der Waals surface area contributed by atoms with Gasteiger partial charge in [-0.25, -0.2) is 0 Å². The second kappa shape index (κ2) is 8.16. The summed E-state index contributed by atoms with van der Waals surface area (Å²) in [5, 5.41) is 10.6. The van der Waals surface area contributed by atoms with Crippen LogP contribution in [0.1, 0.15) is 55.0 Å². The van der Waals surface area contributed by atoms with Gasteiger partial charge in [0.05, 0.1) is 6.10 Å². The molecule has 1 N–H and O–H groups in total. The average Bonchev–Trinajstić information content (AvgIpc) is 2.53. The van der Waals surface area contributed by atoms with Crippen LogP contribution >= 0.6 is 0 Å². The summed E-state index contributed by atoms with van der Waals surface area (Å²) in [6.45, 7) is 8.93. The van der Waals surface area contributed by atoms with Crippen LogP contribution in [0.15, 0.2) is 42.5 Å². The van der Waals surface area contributed by atoms with Crippen LogP contribution in [0.3, 0.4) is 0 Å². The van der Waals surface area contributed by atoms with Crippen LogP contribution in [0, 0.1) is 19.8 Å². The van der Waals surface area contributed by atoms with E-state index < -0.39 is 6.10 Å². The number of ether oxygens (including phenoxy) is 1. The molecule has 23 heavy (non-hydrogen) atoms. The molecule has 0 bridgehead atoms. The van der Waals surface area contributed by atoms with E-state index in [9.17, 15) is 5.11 Å². The van der Waals surface area contributed by atoms with Crippen molar-refractivity contribution in [3.05, 3.63) is 64.7 Å². The molecule has 0 amide bonds. The van der Waals surface area contributed by atoms with Crippen LogP contribution in [-0.4, -0.2) is 5.11 Å². The topological polar surface area (TPSA) is 29.5 Å². The van der Waals surface area contributed by atoms with Crippen LogP contribution in [0.5, 0.6) is 5.75 Å². The van der Waals surface area contributed by atoms with E-state index in [1.807, 2.05) is 25.1 Å². The van der Waals surface area contributed by atoms with E-state index >= 15 is 0 Å². The SMILES string of the molecule is CCC(CC)C(O)c1cc(C)cc(OCc2cccc(C)c2)c1. The zero-order chi connectivity index (χ0) is 16.8. The summed E-state index contributed by atoms with van der Waals surface area (Å²) < 4.78 is 5.95. The summed E-state index contributed by atoms with van der Waals surface area (Å²) in [4.78, 5) is 0. The fourth-order valence-corrected chi connectivity index (χ4v) is 3.01. The number of aryl methyl sites for hydroxylation is 2. The van der Waals surface area contributed by atoms with Gasteiger partial charge in [0.2, 0.25) is 0 Å². The third-order valence-corrected chi connectivity index (χ3v) is 4.40. The van der Waals surface area contributed by atoms with Gasteiger partial charge in [0.15, 0.2) is 0 Å². The molecule has 0 saturated carbocycles. The van der Waals surface area contributed by atoms with Gasteiger partial charge in [-0.2, -0.15) is 0 Å². The van der Waals surface area contributed by atoms with Crippen molar-refractivity contribution in [3.8, 4) is 5.75 Å². The lowest BCUT2D eigenvalue weighted by Crippen LogP contribution is -2.11. The molecule has 124 valence electrons. The number of benzene rings is 2. The molecule has 0 aromatic heterocycles. The Kier molecular flexibility index (Phi) is 6.23. The summed E-state index contributed by atoms with van der Waals surface area (Å²) in [7, 11) is 0. The summed E-state index contributed by atoms with van der Waals surface area (Å²) in [5.74, 6) is 1.12. The molecule has 0 spiro atoms. The number of rotatable bonds is 7. The normalized spacial score (nSPS) is 12.4. The van der Waals surface area contributed by atoms with Crippen molar-refractivity contribution in [2.45, 2.75) is 53.2 Å². The molecule has 0 heterocycles. The summed E-state index contributed by atoms with van der Waals surface area (Å²) in [6.07, 6.45) is 1.53. The molecule has 2 aromatic rings. The van der Waals surface area contributed by atoms with Crippen LogP contribution in [0.4, 0.5) is 0 Å². The highest BCUT2D eigenvalue weighted by Crippen LogP contribution is 2.30. The second-order valence-electron chi connectivity index (χ2n) is 6.38. The molecular formula is C21H28O2. The molecule has 1 unspecified atom stereocenters. The first-order chi connectivity index (χ1) is 11.0. The second-order valence-corrected chi connectivity index (χ2v) is 6.38. The summed E-state index contributed by atoms with van der Waals surface area (Å²) in [5.41, 5.74) is 4.47. The Labute approximate surface area is 140 Å². The molecule has 0 saturated heterocycles. The van der Waals surface area contributed by atoms with Crippen molar-refractivity contribution in [1.29, 1.82) is 0 Å². The molecule has 0 aliphatic rings. The molecule has 0 aliphatic heterocycles. The van der Waals surface area contributed by atoms with Gasteiger partial charge >= 0.3 is 0 Å². The average molecular weight is 312 g/mol. The predicted molar refractivity (Wildman–Crippen MR) is 95.7 cm³/mol. The molecule has 1 atom stereocenters. The molecule has 2 rings (SSSR count). The van der Waals surface area contributed by atoms with E-state index in [0.717, 1.165) is 35.3 Å². The van der Waals surface area contributed by atoms with Crippen molar-refractivity contribution in [3.63, 3.8) is 0 Å². The standard InChI is InChI=1S/C21H28O2/c1-5-18(6-2)21(22)19-11-16(4)12-20(13-19)23-14-17-9-7-8-15(3)10-17/h7-13,18,21-22H,5-6,14H2,1-4H3. The van der Waals surface area contributed by atoms with E-state index in [1.54, 1.807) is 0 Å². The lowest BCUT2D eigenvalue weighted by molar-refractivity contribution is 0.103. The van der Waals surface area contributed by atoms with Gasteiger partial charge in [-0.1, -0.05) is 62.6 Å². The van der Waals surface area contributed by atoms with E-state index in [0.29, 0.717) is 12.5 Å². The molecule has 2 heteroatoms. The van der Waals surface area contributed by atoms with Crippen LogP contribution < -0.4 is 4.74 Å².